The second-order valence-electron chi connectivity index (χ2n) is 23.0. The van der Waals surface area contributed by atoms with Gasteiger partial charge in [0.05, 0.1) is 35.9 Å². The number of pyridine rings is 2. The molecule has 1 unspecified atom stereocenters. The molecule has 0 saturated heterocycles. The van der Waals surface area contributed by atoms with Gasteiger partial charge in [-0.1, -0.05) is 20.3 Å². The van der Waals surface area contributed by atoms with E-state index in [1.54, 1.807) is 83.1 Å². The predicted octanol–water partition coefficient (Wildman–Crippen LogP) is 11.8. The number of carbonyl (C=O) groups excluding carboxylic acids is 7. The summed E-state index contributed by atoms with van der Waals surface area (Å²) in [7, 11) is 0. The molecule has 34 heteroatoms. The molecule has 0 spiro atoms. The lowest BCUT2D eigenvalue weighted by Gasteiger charge is -2.28. The van der Waals surface area contributed by atoms with Crippen LogP contribution in [0.25, 0.3) is 0 Å². The molecule has 6 amide bonds. The number of hydrogen-bond acceptors (Lipinski definition) is 16. The van der Waals surface area contributed by atoms with E-state index in [2.05, 4.69) is 50.7 Å². The number of aliphatic hydroxyl groups excluding tert-OH is 1. The van der Waals surface area contributed by atoms with Crippen LogP contribution >= 0.6 is 0 Å². The molecule has 0 aromatic carbocycles. The van der Waals surface area contributed by atoms with E-state index in [0.717, 1.165) is 6.20 Å². The number of nitrogens with one attached hydrogen (secondary N) is 4. The summed E-state index contributed by atoms with van der Waals surface area (Å²) in [5.74, 6) is -3.23. The first kappa shape index (κ1) is 81.8. The predicted molar refractivity (Wildman–Crippen MR) is 295 cm³/mol. The maximum absolute atomic E-state index is 12.9. The summed E-state index contributed by atoms with van der Waals surface area (Å²) in [5.41, 5.74) is -3.58. The van der Waals surface area contributed by atoms with Crippen molar-refractivity contribution in [3.05, 3.63) is 60.2 Å². The Balaban J connectivity index is 0.00000172. The van der Waals surface area contributed by atoms with Gasteiger partial charge in [0.25, 0.3) is 11.8 Å². The first-order valence-corrected chi connectivity index (χ1v) is 26.7. The Morgan fingerprint density at radius 1 is 0.517 bits per heavy atom. The number of unbranched alkanes of at least 4 members (excludes halogenated alkanes) is 2. The van der Waals surface area contributed by atoms with Crippen molar-refractivity contribution in [1.29, 1.82) is 0 Å². The number of aliphatic hydroxyl groups is 1. The van der Waals surface area contributed by atoms with Gasteiger partial charge in [-0.05, 0) is 133 Å². The Hall–Kier alpha value is -7.23. The average Bonchev–Trinajstić information content (AvgIpc) is 2.79. The largest absolute Gasteiger partial charge is 0.444 e. The van der Waals surface area contributed by atoms with Crippen molar-refractivity contribution in [1.82, 2.24) is 31.2 Å². The van der Waals surface area contributed by atoms with Gasteiger partial charge in [-0.25, -0.2) is 19.2 Å². The van der Waals surface area contributed by atoms with E-state index < -0.39 is 133 Å². The summed E-state index contributed by atoms with van der Waals surface area (Å²) >= 11 is 0. The van der Waals surface area contributed by atoms with Crippen LogP contribution in [0.2, 0.25) is 0 Å². The van der Waals surface area contributed by atoms with E-state index in [0.29, 0.717) is 0 Å². The third-order valence-electron chi connectivity index (χ3n) is 10.2. The number of alkyl carbamates (subject to hydrolysis) is 2. The lowest BCUT2D eigenvalue weighted by atomic mass is 10.0. The van der Waals surface area contributed by atoms with Crippen molar-refractivity contribution in [2.24, 2.45) is 9.98 Å². The number of aliphatic imine (C=N–C) groups is 2. The maximum Gasteiger partial charge on any atom is 0.435 e. The molecule has 22 nitrogen and oxygen atoms in total. The van der Waals surface area contributed by atoms with Crippen molar-refractivity contribution >= 4 is 53.6 Å². The normalized spacial score (nSPS) is 14.0. The van der Waals surface area contributed by atoms with E-state index >= 15 is 0 Å². The molecule has 2 rings (SSSR count). The number of nitrogens with zero attached hydrogens (tertiary/aromatic N) is 4. The molecule has 0 saturated carbocycles. The van der Waals surface area contributed by atoms with Crippen molar-refractivity contribution in [2.45, 2.75) is 219 Å². The Bertz CT molecular complexity index is 2610. The molecule has 2 heterocycles. The molecular weight excluding hydrogens is 1220 g/mol. The SMILES string of the molecule is C.CC(C)(C)OC(=O)N=C(CCCC[C@H](NC(=O)c1cccnc1)C(=O)COC(C(F)(F)F)C(F)(F)F)NC(=O)OC(C)(C)C.CC(C)(C)OC(=O)N=C(CCCC[C@H](NC(=O)c1cccnc1)C(O)COC(C(F)(F)F)C(F)(F)F)NC(=O)OC(C)(C)C. The van der Waals surface area contributed by atoms with Gasteiger partial charge in [0.2, 0.25) is 12.2 Å². The van der Waals surface area contributed by atoms with Gasteiger partial charge in [-0.15, -0.1) is 0 Å². The van der Waals surface area contributed by atoms with Gasteiger partial charge < -0.3 is 44.2 Å². The number of hydrogen-bond donors (Lipinski definition) is 5. The monoisotopic (exact) mass is 1300 g/mol. The zero-order chi connectivity index (χ0) is 67.9. The number of halogens is 12. The van der Waals surface area contributed by atoms with E-state index in [1.807, 2.05) is 0 Å². The highest BCUT2D eigenvalue weighted by Gasteiger charge is 2.59. The fourth-order valence-corrected chi connectivity index (χ4v) is 6.71. The summed E-state index contributed by atoms with van der Waals surface area (Å²) in [5, 5.41) is 19.8. The number of Topliss-reactive ketones (excluding diaryl/α,β-unsaturated/α-hetero) is 1. The number of alkyl halides is 12. The quantitative estimate of drug-likeness (QED) is 0.0241. The van der Waals surface area contributed by atoms with E-state index in [9.17, 15) is 91.4 Å². The molecule has 506 valence electrons. The molecule has 0 fully saturated rings. The molecule has 5 N–H and O–H groups in total. The first-order valence-electron chi connectivity index (χ1n) is 26.7. The standard InChI is InChI=1S/C27H38F6N4O7.C27H36F6N4O7.CH4/c2*1-24(2,3)43-22(40)36-19(37-23(41)44-25(4,5)6)12-8-7-11-17(35-20(39)16-10-9-13-34-14-16)18(38)15-42-21(26(28,29)30)27(31,32)33;/h9-10,13-14,17-18,21,38H,7-8,11-12,15H2,1-6H3,(H,35,39)(H,36,37,40,41);9-10,13-14,17,21H,7-8,11-12,15H2,1-6H3,(H,35,39)(H,36,37,40,41);1H4/t17-,18?;17-;/m00./s1. The Morgan fingerprint density at radius 3 is 1.22 bits per heavy atom. The number of amidine groups is 2. The second kappa shape index (κ2) is 35.2. The highest BCUT2D eigenvalue weighted by molar-refractivity contribution is 6.01. The highest BCUT2D eigenvalue weighted by Crippen LogP contribution is 2.37. The van der Waals surface area contributed by atoms with Crippen LogP contribution in [0.15, 0.2) is 59.0 Å². The number of carbonyl (C=O) groups is 7. The third-order valence-corrected chi connectivity index (χ3v) is 10.2. The summed E-state index contributed by atoms with van der Waals surface area (Å²) in [6, 6.07) is 2.57. The van der Waals surface area contributed by atoms with Gasteiger partial charge >= 0.3 is 49.1 Å². The van der Waals surface area contributed by atoms with Crippen LogP contribution in [0, 0.1) is 0 Å². The number of ether oxygens (including phenoxy) is 6. The summed E-state index contributed by atoms with van der Waals surface area (Å²) in [6.45, 7) is 16.2. The summed E-state index contributed by atoms with van der Waals surface area (Å²) < 4.78 is 183. The lowest BCUT2D eigenvalue weighted by molar-refractivity contribution is -0.325. The van der Waals surface area contributed by atoms with Gasteiger partial charge in [-0.3, -0.25) is 35.0 Å². The third kappa shape index (κ3) is 36.8. The van der Waals surface area contributed by atoms with Crippen molar-refractivity contribution in [3.63, 3.8) is 0 Å². The summed E-state index contributed by atoms with van der Waals surface area (Å²) in [6.07, 6.45) is -32.8. The Labute approximate surface area is 506 Å². The van der Waals surface area contributed by atoms with Crippen LogP contribution in [0.4, 0.5) is 71.9 Å². The van der Waals surface area contributed by atoms with Crippen molar-refractivity contribution in [2.75, 3.05) is 13.2 Å². The second-order valence-corrected chi connectivity index (χ2v) is 23.0. The van der Waals surface area contributed by atoms with Crippen LogP contribution in [-0.4, -0.2) is 159 Å². The van der Waals surface area contributed by atoms with Crippen LogP contribution in [-0.2, 0) is 33.2 Å². The lowest BCUT2D eigenvalue weighted by Crippen LogP contribution is -2.49. The van der Waals surface area contributed by atoms with Gasteiger partial charge in [0, 0.05) is 37.6 Å². The fourth-order valence-electron chi connectivity index (χ4n) is 6.71. The molecule has 0 bridgehead atoms. The minimum Gasteiger partial charge on any atom is -0.444 e. The molecule has 0 aliphatic carbocycles. The van der Waals surface area contributed by atoms with E-state index in [-0.39, 0.29) is 81.6 Å². The number of aromatic nitrogens is 2. The van der Waals surface area contributed by atoms with Crippen LogP contribution < -0.4 is 21.3 Å². The fraction of sp³-hybridized carbons (Fsp3) is 0.655. The van der Waals surface area contributed by atoms with E-state index in [4.69, 9.17) is 18.9 Å². The topological polar surface area (TPSA) is 294 Å². The minimum atomic E-state index is -5.84. The molecule has 3 atom stereocenters. The van der Waals surface area contributed by atoms with Gasteiger partial charge in [0.1, 0.15) is 40.7 Å². The smallest absolute Gasteiger partial charge is 0.435 e. The van der Waals surface area contributed by atoms with E-state index in [1.165, 1.54) is 42.9 Å². The molecular formula is C55H78F12N8O14. The minimum absolute atomic E-state index is 0. The zero-order valence-electron chi connectivity index (χ0n) is 50.2. The highest BCUT2D eigenvalue weighted by atomic mass is 19.4. The molecule has 2 aromatic rings. The molecule has 2 aromatic heterocycles. The van der Waals surface area contributed by atoms with Crippen LogP contribution in [0.5, 0.6) is 0 Å². The number of rotatable bonds is 22. The molecule has 0 radical (unpaired) electrons. The first-order chi connectivity index (χ1) is 40.0. The Morgan fingerprint density at radius 2 is 0.876 bits per heavy atom. The number of ketones is 1. The average molecular weight is 1300 g/mol. The number of amides is 6. The zero-order valence-corrected chi connectivity index (χ0v) is 50.2. The summed E-state index contributed by atoms with van der Waals surface area (Å²) in [4.78, 5) is 102. The van der Waals surface area contributed by atoms with Crippen LogP contribution in [0.3, 0.4) is 0 Å². The van der Waals surface area contributed by atoms with Gasteiger partial charge in [-0.2, -0.15) is 62.7 Å². The van der Waals surface area contributed by atoms with Crippen molar-refractivity contribution in [3.8, 4) is 0 Å². The van der Waals surface area contributed by atoms with Crippen LogP contribution in [0.1, 0.15) is 163 Å². The molecule has 89 heavy (non-hydrogen) atoms. The molecule has 0 aliphatic heterocycles. The van der Waals surface area contributed by atoms with Gasteiger partial charge in [0.15, 0.2) is 5.78 Å². The molecule has 0 aliphatic rings. The maximum atomic E-state index is 12.9. The van der Waals surface area contributed by atoms with Crippen molar-refractivity contribution < 1.29 is 120 Å². The Kier molecular flexibility index (Phi) is 32.4.